The minimum Gasteiger partial charge on any atom is -0.466 e. The third-order valence-electron chi connectivity index (χ3n) is 13.9. The van der Waals surface area contributed by atoms with Crippen molar-refractivity contribution in [2.45, 2.75) is 301 Å². The Hall–Kier alpha value is -2.64. The van der Waals surface area contributed by atoms with Gasteiger partial charge in [0.2, 0.25) is 5.91 Å². The highest BCUT2D eigenvalue weighted by Gasteiger charge is 2.44. The molecule has 1 fully saturated rings. The molecule has 1 heterocycles. The molecule has 1 amide bonds. The number of carbonyl (C=O) groups excluding carboxylic acids is 2. The zero-order valence-corrected chi connectivity index (χ0v) is 46.6. The third-order valence-corrected chi connectivity index (χ3v) is 13.9. The van der Waals surface area contributed by atoms with Gasteiger partial charge in [-0.3, -0.25) is 9.59 Å². The summed E-state index contributed by atoms with van der Waals surface area (Å²) in [6, 6.07) is -0.841. The summed E-state index contributed by atoms with van der Waals surface area (Å²) in [6.45, 7) is 4.06. The number of nitrogens with one attached hydrogen (secondary N) is 1. The molecule has 0 radical (unpaired) electrons. The van der Waals surface area contributed by atoms with Crippen LogP contribution in [-0.4, -0.2) is 100 Å². The molecule has 11 nitrogen and oxygen atoms in total. The van der Waals surface area contributed by atoms with E-state index in [4.69, 9.17) is 14.2 Å². The molecule has 73 heavy (non-hydrogen) atoms. The largest absolute Gasteiger partial charge is 0.466 e. The lowest BCUT2D eigenvalue weighted by molar-refractivity contribution is -0.302. The van der Waals surface area contributed by atoms with Crippen molar-refractivity contribution in [2.75, 3.05) is 19.8 Å². The predicted molar refractivity (Wildman–Crippen MR) is 301 cm³/mol. The van der Waals surface area contributed by atoms with Gasteiger partial charge in [0, 0.05) is 12.8 Å². The van der Waals surface area contributed by atoms with E-state index >= 15 is 0 Å². The molecule has 7 unspecified atom stereocenters. The molecule has 0 aromatic carbocycles. The van der Waals surface area contributed by atoms with Crippen LogP contribution >= 0.6 is 0 Å². The summed E-state index contributed by atoms with van der Waals surface area (Å²) in [4.78, 5) is 25.1. The van der Waals surface area contributed by atoms with Gasteiger partial charge in [0.1, 0.15) is 24.4 Å². The number of hydrogen-bond acceptors (Lipinski definition) is 10. The fourth-order valence-corrected chi connectivity index (χ4v) is 9.11. The molecule has 0 aromatic rings. The first-order valence-electron chi connectivity index (χ1n) is 30.0. The molecule has 0 aliphatic carbocycles. The minimum atomic E-state index is -1.58. The number of aliphatic hydroxyl groups is 5. The van der Waals surface area contributed by atoms with Gasteiger partial charge in [-0.05, 0) is 103 Å². The quantitative estimate of drug-likeness (QED) is 0.0195. The number of rotatable bonds is 51. The maximum absolute atomic E-state index is 13.0. The van der Waals surface area contributed by atoms with Crippen molar-refractivity contribution in [3.05, 3.63) is 60.8 Å². The Morgan fingerprint density at radius 1 is 0.521 bits per heavy atom. The second-order valence-electron chi connectivity index (χ2n) is 20.7. The maximum atomic E-state index is 13.0. The average molecular weight is 1030 g/mol. The molecule has 1 aliphatic rings. The highest BCUT2D eigenvalue weighted by Crippen LogP contribution is 2.23. The number of unbranched alkanes of at least 4 members (excludes halogenated alkanes) is 30. The number of allylic oxidation sites excluding steroid dienone is 9. The summed E-state index contributed by atoms with van der Waals surface area (Å²) in [5.41, 5.74) is 0. The Morgan fingerprint density at radius 2 is 0.945 bits per heavy atom. The van der Waals surface area contributed by atoms with E-state index in [9.17, 15) is 35.1 Å². The molecule has 0 bridgehead atoms. The Labute approximate surface area is 446 Å². The molecular formula is C62H111NO10. The number of hydrogen-bond donors (Lipinski definition) is 6. The summed E-state index contributed by atoms with van der Waals surface area (Å²) in [5, 5.41) is 54.1. The van der Waals surface area contributed by atoms with Crippen LogP contribution in [0.1, 0.15) is 258 Å². The van der Waals surface area contributed by atoms with Crippen LogP contribution in [0, 0.1) is 0 Å². The van der Waals surface area contributed by atoms with Gasteiger partial charge in [-0.1, -0.05) is 203 Å². The van der Waals surface area contributed by atoms with E-state index in [0.717, 1.165) is 77.0 Å². The Kier molecular flexibility index (Phi) is 48.2. The van der Waals surface area contributed by atoms with Crippen LogP contribution < -0.4 is 5.32 Å². The van der Waals surface area contributed by atoms with Crippen LogP contribution in [0.2, 0.25) is 0 Å². The molecular weight excluding hydrogens is 919 g/mol. The summed E-state index contributed by atoms with van der Waals surface area (Å²) in [5.74, 6) is -0.226. The highest BCUT2D eigenvalue weighted by atomic mass is 16.7. The maximum Gasteiger partial charge on any atom is 0.305 e. The first-order chi connectivity index (χ1) is 35.7. The lowest BCUT2D eigenvalue weighted by Gasteiger charge is -2.40. The van der Waals surface area contributed by atoms with Gasteiger partial charge in [-0.15, -0.1) is 0 Å². The summed E-state index contributed by atoms with van der Waals surface area (Å²) in [7, 11) is 0. The average Bonchev–Trinajstić information content (AvgIpc) is 3.39. The van der Waals surface area contributed by atoms with E-state index in [-0.39, 0.29) is 18.5 Å². The summed E-state index contributed by atoms with van der Waals surface area (Å²) >= 11 is 0. The molecule has 1 rings (SSSR count). The number of carbonyl (C=O) groups is 2. The van der Waals surface area contributed by atoms with Crippen LogP contribution in [0.15, 0.2) is 60.8 Å². The lowest BCUT2D eigenvalue weighted by Crippen LogP contribution is -2.60. The highest BCUT2D eigenvalue weighted by molar-refractivity contribution is 5.76. The van der Waals surface area contributed by atoms with E-state index in [2.05, 4.69) is 54.8 Å². The third kappa shape index (κ3) is 41.2. The van der Waals surface area contributed by atoms with Gasteiger partial charge >= 0.3 is 5.97 Å². The predicted octanol–water partition coefficient (Wildman–Crippen LogP) is 13.8. The van der Waals surface area contributed by atoms with Crippen molar-refractivity contribution in [1.29, 1.82) is 0 Å². The smallest absolute Gasteiger partial charge is 0.305 e. The van der Waals surface area contributed by atoms with E-state index in [1.165, 1.54) is 148 Å². The van der Waals surface area contributed by atoms with Crippen LogP contribution in [0.5, 0.6) is 0 Å². The van der Waals surface area contributed by atoms with E-state index < -0.39 is 49.5 Å². The monoisotopic (exact) mass is 1030 g/mol. The van der Waals surface area contributed by atoms with Crippen LogP contribution in [0.4, 0.5) is 0 Å². The van der Waals surface area contributed by atoms with Gasteiger partial charge < -0.3 is 45.1 Å². The minimum absolute atomic E-state index is 0.0170. The normalized spacial score (nSPS) is 19.4. The lowest BCUT2D eigenvalue weighted by atomic mass is 9.99. The molecule has 11 heteroatoms. The van der Waals surface area contributed by atoms with Crippen LogP contribution in [0.3, 0.4) is 0 Å². The second-order valence-corrected chi connectivity index (χ2v) is 20.7. The molecule has 7 atom stereocenters. The van der Waals surface area contributed by atoms with Gasteiger partial charge in [-0.2, -0.15) is 0 Å². The topological polar surface area (TPSA) is 175 Å². The van der Waals surface area contributed by atoms with E-state index in [1.54, 1.807) is 6.08 Å². The zero-order chi connectivity index (χ0) is 53.1. The van der Waals surface area contributed by atoms with Gasteiger partial charge in [0.05, 0.1) is 32.0 Å². The number of amides is 1. The number of ether oxygens (including phenoxy) is 3. The van der Waals surface area contributed by atoms with Crippen molar-refractivity contribution in [1.82, 2.24) is 5.32 Å². The second kappa shape index (κ2) is 51.5. The van der Waals surface area contributed by atoms with Crippen molar-refractivity contribution < 1.29 is 49.3 Å². The van der Waals surface area contributed by atoms with Gasteiger partial charge in [0.15, 0.2) is 6.29 Å². The van der Waals surface area contributed by atoms with Crippen molar-refractivity contribution in [3.63, 3.8) is 0 Å². The van der Waals surface area contributed by atoms with Crippen molar-refractivity contribution in [2.24, 2.45) is 0 Å². The SMILES string of the molecule is C/C=C/CC/C=C/CC/C=C/C(O)C(COC1OC(CO)C(O)C(O)C1O)NC(=O)CCCCCCCCC/C=C\CCCCCCCCCCCOC(=O)CCCCCCC/C=C\CCCCCCCCC. The van der Waals surface area contributed by atoms with E-state index in [0.29, 0.717) is 25.9 Å². The molecule has 0 spiro atoms. The van der Waals surface area contributed by atoms with Gasteiger partial charge in [-0.25, -0.2) is 0 Å². The number of esters is 1. The Bertz CT molecular complexity index is 1400. The Balaban J connectivity index is 2.02. The van der Waals surface area contributed by atoms with Crippen molar-refractivity contribution in [3.8, 4) is 0 Å². The molecule has 1 aliphatic heterocycles. The Morgan fingerprint density at radius 3 is 1.44 bits per heavy atom. The number of aliphatic hydroxyl groups excluding tert-OH is 5. The van der Waals surface area contributed by atoms with Crippen molar-refractivity contribution >= 4 is 11.9 Å². The first-order valence-corrected chi connectivity index (χ1v) is 30.0. The van der Waals surface area contributed by atoms with Gasteiger partial charge in [0.25, 0.3) is 0 Å². The molecule has 0 saturated carbocycles. The fourth-order valence-electron chi connectivity index (χ4n) is 9.11. The molecule has 424 valence electrons. The standard InChI is InChI=1S/C62H111NO10/c1-3-5-7-9-11-13-14-15-16-24-27-30-34-38-42-46-50-58(67)71-51-47-43-39-35-31-28-25-22-20-18-17-19-21-23-26-29-33-37-41-45-49-57(66)63-54(55(65)48-44-40-36-32-12-10-8-6-4-2)53-72-62-61(70)60(69)59(68)56(52-64)73-62/h4,6,12,16-17,19,24,32,44,48,54-56,59-62,64-65,68-70H,3,5,7-11,13-15,18,20-23,25-31,33-43,45-47,49-53H2,1-2H3,(H,63,66)/b6-4+,19-17-,24-16-,32-12+,48-44+. The fraction of sp³-hybridized carbons (Fsp3) is 0.806. The molecule has 6 N–H and O–H groups in total. The van der Waals surface area contributed by atoms with Crippen LogP contribution in [0.25, 0.3) is 0 Å². The van der Waals surface area contributed by atoms with Crippen LogP contribution in [-0.2, 0) is 23.8 Å². The molecule has 1 saturated heterocycles. The van der Waals surface area contributed by atoms with E-state index in [1.807, 2.05) is 19.1 Å². The summed E-state index contributed by atoms with van der Waals surface area (Å²) < 4.78 is 16.6. The summed E-state index contributed by atoms with van der Waals surface area (Å²) in [6.07, 6.45) is 56.4. The molecule has 0 aromatic heterocycles. The zero-order valence-electron chi connectivity index (χ0n) is 46.6. The first kappa shape index (κ1) is 68.4.